The van der Waals surface area contributed by atoms with E-state index in [0.717, 1.165) is 10.5 Å². The lowest BCUT2D eigenvalue weighted by Crippen LogP contribution is -1.96. The molecule has 84 valence electrons. The van der Waals surface area contributed by atoms with Crippen molar-refractivity contribution < 1.29 is 4.39 Å². The molecule has 1 aromatic heterocycles. The third-order valence-corrected chi connectivity index (χ3v) is 3.14. The van der Waals surface area contributed by atoms with Crippen LogP contribution in [0, 0.1) is 5.82 Å². The van der Waals surface area contributed by atoms with E-state index in [1.54, 1.807) is 16.9 Å². The van der Waals surface area contributed by atoms with Crippen molar-refractivity contribution in [2.24, 2.45) is 12.8 Å². The van der Waals surface area contributed by atoms with E-state index >= 15 is 0 Å². The number of aromatic nitrogens is 2. The van der Waals surface area contributed by atoms with E-state index in [9.17, 15) is 4.39 Å². The van der Waals surface area contributed by atoms with Crippen molar-refractivity contribution in [3.63, 3.8) is 0 Å². The molecule has 2 aromatic rings. The first-order valence-corrected chi connectivity index (χ1v) is 5.65. The Balaban J connectivity index is 2.21. The summed E-state index contributed by atoms with van der Waals surface area (Å²) in [5.74, 6) is -0.239. The molecule has 16 heavy (non-hydrogen) atoms. The van der Waals surface area contributed by atoms with Gasteiger partial charge in [-0.15, -0.1) is 0 Å². The maximum atomic E-state index is 13.6. The Bertz CT molecular complexity index is 496. The quantitative estimate of drug-likeness (QED) is 0.889. The van der Waals surface area contributed by atoms with Crippen LogP contribution in [0.1, 0.15) is 5.56 Å². The number of halogens is 1. The molecule has 0 radical (unpaired) electrons. The van der Waals surface area contributed by atoms with Crippen LogP contribution in [0.4, 0.5) is 4.39 Å². The standard InChI is InChI=1S/C11H12FN3S/c1-15-7-9(6-14-15)16-11-3-2-8(5-13)4-10(11)12/h2-4,6-7H,5,13H2,1H3. The monoisotopic (exact) mass is 237 g/mol. The van der Waals surface area contributed by atoms with E-state index < -0.39 is 0 Å². The van der Waals surface area contributed by atoms with Crippen LogP contribution in [-0.4, -0.2) is 9.78 Å². The normalized spacial score (nSPS) is 10.7. The van der Waals surface area contributed by atoms with E-state index in [4.69, 9.17) is 5.73 Å². The van der Waals surface area contributed by atoms with Gasteiger partial charge in [0.15, 0.2) is 0 Å². The van der Waals surface area contributed by atoms with E-state index in [2.05, 4.69) is 5.10 Å². The van der Waals surface area contributed by atoms with Gasteiger partial charge in [-0.25, -0.2) is 4.39 Å². The van der Waals surface area contributed by atoms with Crippen molar-refractivity contribution in [1.82, 2.24) is 9.78 Å². The number of rotatable bonds is 3. The van der Waals surface area contributed by atoms with Crippen LogP contribution >= 0.6 is 11.8 Å². The van der Waals surface area contributed by atoms with Crippen molar-refractivity contribution in [1.29, 1.82) is 0 Å². The zero-order valence-corrected chi connectivity index (χ0v) is 9.67. The summed E-state index contributed by atoms with van der Waals surface area (Å²) in [6.45, 7) is 0.356. The van der Waals surface area contributed by atoms with Gasteiger partial charge in [-0.05, 0) is 17.7 Å². The van der Waals surface area contributed by atoms with Crippen molar-refractivity contribution in [2.75, 3.05) is 0 Å². The van der Waals surface area contributed by atoms with Crippen LogP contribution < -0.4 is 5.73 Å². The average Bonchev–Trinajstić information content (AvgIpc) is 2.67. The highest BCUT2D eigenvalue weighted by molar-refractivity contribution is 7.99. The molecule has 0 aliphatic carbocycles. The lowest BCUT2D eigenvalue weighted by Gasteiger charge is -2.02. The summed E-state index contributed by atoms with van der Waals surface area (Å²) in [4.78, 5) is 1.51. The van der Waals surface area contributed by atoms with E-state index in [1.165, 1.54) is 17.8 Å². The van der Waals surface area contributed by atoms with Gasteiger partial charge in [0.05, 0.1) is 11.1 Å². The summed E-state index contributed by atoms with van der Waals surface area (Å²) < 4.78 is 15.3. The molecular weight excluding hydrogens is 225 g/mol. The van der Waals surface area contributed by atoms with E-state index in [1.807, 2.05) is 19.3 Å². The van der Waals surface area contributed by atoms with Gasteiger partial charge in [-0.3, -0.25) is 4.68 Å². The molecule has 2 N–H and O–H groups in total. The van der Waals surface area contributed by atoms with Gasteiger partial charge in [0, 0.05) is 24.7 Å². The molecule has 0 bridgehead atoms. The minimum absolute atomic E-state index is 0.239. The Labute approximate surface area is 97.5 Å². The van der Waals surface area contributed by atoms with Crippen LogP contribution in [0.5, 0.6) is 0 Å². The third kappa shape index (κ3) is 2.43. The maximum absolute atomic E-state index is 13.6. The second-order valence-electron chi connectivity index (χ2n) is 3.42. The first kappa shape index (κ1) is 11.2. The van der Waals surface area contributed by atoms with Gasteiger partial charge in [0.1, 0.15) is 5.82 Å². The molecule has 0 aliphatic rings. The number of nitrogens with two attached hydrogens (primary N) is 1. The summed E-state index contributed by atoms with van der Waals surface area (Å²) in [5.41, 5.74) is 6.24. The smallest absolute Gasteiger partial charge is 0.137 e. The van der Waals surface area contributed by atoms with Gasteiger partial charge in [-0.1, -0.05) is 17.8 Å². The summed E-state index contributed by atoms with van der Waals surface area (Å²) >= 11 is 1.36. The number of benzene rings is 1. The minimum Gasteiger partial charge on any atom is -0.326 e. The molecule has 5 heteroatoms. The lowest BCUT2D eigenvalue weighted by molar-refractivity contribution is 0.599. The second-order valence-corrected chi connectivity index (χ2v) is 4.54. The Kier molecular flexibility index (Phi) is 3.26. The summed E-state index contributed by atoms with van der Waals surface area (Å²) in [6.07, 6.45) is 3.56. The Hall–Kier alpha value is -1.33. The average molecular weight is 237 g/mol. The molecule has 0 unspecified atom stereocenters. The van der Waals surface area contributed by atoms with Gasteiger partial charge < -0.3 is 5.73 Å². The van der Waals surface area contributed by atoms with Crippen LogP contribution in [0.3, 0.4) is 0 Å². The van der Waals surface area contributed by atoms with Crippen LogP contribution in [0.15, 0.2) is 40.4 Å². The molecule has 2 rings (SSSR count). The summed E-state index contributed by atoms with van der Waals surface area (Å²) in [5, 5.41) is 4.03. The predicted molar refractivity (Wildman–Crippen MR) is 61.6 cm³/mol. The largest absolute Gasteiger partial charge is 0.326 e. The Morgan fingerprint density at radius 2 is 2.31 bits per heavy atom. The molecular formula is C11H12FN3S. The highest BCUT2D eigenvalue weighted by atomic mass is 32.2. The fourth-order valence-corrected chi connectivity index (χ4v) is 2.18. The molecule has 1 aromatic carbocycles. The first-order valence-electron chi connectivity index (χ1n) is 4.84. The van der Waals surface area contributed by atoms with Crippen molar-refractivity contribution >= 4 is 11.8 Å². The number of hydrogen-bond acceptors (Lipinski definition) is 3. The molecule has 0 aliphatic heterocycles. The van der Waals surface area contributed by atoms with Crippen molar-refractivity contribution in [2.45, 2.75) is 16.3 Å². The number of nitrogens with zero attached hydrogens (tertiary/aromatic N) is 2. The number of aryl methyl sites for hydroxylation is 1. The zero-order chi connectivity index (χ0) is 11.5. The second kappa shape index (κ2) is 4.67. The summed E-state index contributed by atoms with van der Waals surface area (Å²) in [7, 11) is 1.83. The zero-order valence-electron chi connectivity index (χ0n) is 8.85. The molecule has 0 amide bonds. The fourth-order valence-electron chi connectivity index (χ4n) is 1.33. The number of hydrogen-bond donors (Lipinski definition) is 1. The molecule has 3 nitrogen and oxygen atoms in total. The minimum atomic E-state index is -0.239. The molecule has 0 atom stereocenters. The van der Waals surface area contributed by atoms with E-state index in [0.29, 0.717) is 11.4 Å². The van der Waals surface area contributed by atoms with Crippen molar-refractivity contribution in [3.8, 4) is 0 Å². The highest BCUT2D eigenvalue weighted by Gasteiger charge is 2.06. The lowest BCUT2D eigenvalue weighted by atomic mass is 10.2. The molecule has 0 saturated heterocycles. The molecule has 0 spiro atoms. The fraction of sp³-hybridized carbons (Fsp3) is 0.182. The highest BCUT2D eigenvalue weighted by Crippen LogP contribution is 2.29. The predicted octanol–water partition coefficient (Wildman–Crippen LogP) is 2.17. The topological polar surface area (TPSA) is 43.8 Å². The summed E-state index contributed by atoms with van der Waals surface area (Å²) in [6, 6.07) is 5.05. The van der Waals surface area contributed by atoms with Crippen LogP contribution in [-0.2, 0) is 13.6 Å². The van der Waals surface area contributed by atoms with Gasteiger partial charge in [0.25, 0.3) is 0 Å². The van der Waals surface area contributed by atoms with Gasteiger partial charge >= 0.3 is 0 Å². The molecule has 1 heterocycles. The Morgan fingerprint density at radius 3 is 2.88 bits per heavy atom. The third-order valence-electron chi connectivity index (χ3n) is 2.14. The molecule has 0 fully saturated rings. The Morgan fingerprint density at radius 1 is 1.50 bits per heavy atom. The molecule has 0 saturated carbocycles. The van der Waals surface area contributed by atoms with Gasteiger partial charge in [0.2, 0.25) is 0 Å². The maximum Gasteiger partial charge on any atom is 0.137 e. The van der Waals surface area contributed by atoms with Crippen LogP contribution in [0.25, 0.3) is 0 Å². The van der Waals surface area contributed by atoms with E-state index in [-0.39, 0.29) is 5.82 Å². The van der Waals surface area contributed by atoms with Gasteiger partial charge in [-0.2, -0.15) is 5.10 Å². The first-order chi connectivity index (χ1) is 7.69. The SMILES string of the molecule is Cn1cc(Sc2ccc(CN)cc2F)cn1. The van der Waals surface area contributed by atoms with Crippen molar-refractivity contribution in [3.05, 3.63) is 42.0 Å². The van der Waals surface area contributed by atoms with Crippen LogP contribution in [0.2, 0.25) is 0 Å².